The van der Waals surface area contributed by atoms with Gasteiger partial charge in [-0.05, 0) is 20.8 Å². The molecule has 7 nitrogen and oxygen atoms in total. The molecule has 3 N–H and O–H groups in total. The summed E-state index contributed by atoms with van der Waals surface area (Å²) in [6.45, 7) is 5.04. The van der Waals surface area contributed by atoms with Crippen LogP contribution in [0.2, 0.25) is 0 Å². The summed E-state index contributed by atoms with van der Waals surface area (Å²) in [5.41, 5.74) is -1.68. The van der Waals surface area contributed by atoms with Gasteiger partial charge in [-0.1, -0.05) is 0 Å². The molecule has 0 saturated carbocycles. The van der Waals surface area contributed by atoms with Crippen molar-refractivity contribution in [3.05, 3.63) is 16.7 Å². The zero-order valence-corrected chi connectivity index (χ0v) is 9.20. The van der Waals surface area contributed by atoms with Crippen molar-refractivity contribution < 1.29 is 14.6 Å². The Morgan fingerprint density at radius 2 is 2.19 bits per heavy atom. The Morgan fingerprint density at radius 1 is 1.56 bits per heavy atom. The van der Waals surface area contributed by atoms with Crippen LogP contribution in [0.5, 0.6) is 5.88 Å². The van der Waals surface area contributed by atoms with E-state index >= 15 is 0 Å². The van der Waals surface area contributed by atoms with E-state index in [1.807, 2.05) is 0 Å². The zero-order valence-electron chi connectivity index (χ0n) is 9.20. The van der Waals surface area contributed by atoms with E-state index < -0.39 is 23.1 Å². The fraction of sp³-hybridized carbons (Fsp3) is 0.444. The van der Waals surface area contributed by atoms with Crippen LogP contribution in [0, 0.1) is 0 Å². The standard InChI is InChI=1S/C9H13N3O4/c1-9(2,3)16-8(15)12-5-6(13)10-4-11-7(5)14/h4H,1-3H3,(H,12,15)(H2,10,11,13,14). The number of nitrogens with one attached hydrogen (secondary N) is 2. The summed E-state index contributed by atoms with van der Waals surface area (Å²) in [7, 11) is 0. The van der Waals surface area contributed by atoms with E-state index in [9.17, 15) is 14.7 Å². The van der Waals surface area contributed by atoms with Crippen LogP contribution >= 0.6 is 0 Å². The molecule has 0 radical (unpaired) electrons. The van der Waals surface area contributed by atoms with Gasteiger partial charge in [0.2, 0.25) is 5.88 Å². The number of hydrogen-bond donors (Lipinski definition) is 3. The maximum Gasteiger partial charge on any atom is 0.412 e. The van der Waals surface area contributed by atoms with Gasteiger partial charge < -0.3 is 14.8 Å². The van der Waals surface area contributed by atoms with Gasteiger partial charge in [0.05, 0.1) is 6.33 Å². The highest BCUT2D eigenvalue weighted by Gasteiger charge is 2.18. The normalized spacial score (nSPS) is 10.9. The third-order valence-electron chi connectivity index (χ3n) is 1.46. The Balaban J connectivity index is 2.82. The van der Waals surface area contributed by atoms with Crippen molar-refractivity contribution >= 4 is 11.8 Å². The number of carbonyl (C=O) groups is 1. The number of hydrogen-bond acceptors (Lipinski definition) is 5. The lowest BCUT2D eigenvalue weighted by molar-refractivity contribution is 0.0635. The molecule has 0 bridgehead atoms. The van der Waals surface area contributed by atoms with Gasteiger partial charge in [0.15, 0.2) is 5.69 Å². The number of aromatic nitrogens is 2. The summed E-state index contributed by atoms with van der Waals surface area (Å²) in [6.07, 6.45) is 0.194. The molecule has 7 heteroatoms. The summed E-state index contributed by atoms with van der Waals surface area (Å²) in [6, 6.07) is 0. The minimum Gasteiger partial charge on any atom is -0.492 e. The lowest BCUT2D eigenvalue weighted by Gasteiger charge is -2.19. The second kappa shape index (κ2) is 4.21. The average Bonchev–Trinajstić information content (AvgIpc) is 2.08. The third kappa shape index (κ3) is 3.26. The maximum absolute atomic E-state index is 11.3. The molecular formula is C9H13N3O4. The predicted molar refractivity (Wildman–Crippen MR) is 56.4 cm³/mol. The summed E-state index contributed by atoms with van der Waals surface area (Å²) in [5, 5.41) is 11.4. The van der Waals surface area contributed by atoms with E-state index in [1.54, 1.807) is 20.8 Å². The van der Waals surface area contributed by atoms with Crippen LogP contribution in [0.1, 0.15) is 20.8 Å². The van der Waals surface area contributed by atoms with Crippen molar-refractivity contribution in [3.8, 4) is 5.88 Å². The van der Waals surface area contributed by atoms with E-state index in [-0.39, 0.29) is 5.69 Å². The molecular weight excluding hydrogens is 214 g/mol. The Morgan fingerprint density at radius 3 is 2.69 bits per heavy atom. The fourth-order valence-electron chi connectivity index (χ4n) is 0.909. The molecule has 1 aromatic heterocycles. The molecule has 0 fully saturated rings. The molecule has 0 aliphatic rings. The van der Waals surface area contributed by atoms with E-state index in [2.05, 4.69) is 15.3 Å². The van der Waals surface area contributed by atoms with Gasteiger partial charge in [-0.25, -0.2) is 9.78 Å². The van der Waals surface area contributed by atoms with Gasteiger partial charge in [0.1, 0.15) is 5.60 Å². The highest BCUT2D eigenvalue weighted by atomic mass is 16.6. The second-order valence-corrected chi connectivity index (χ2v) is 4.06. The van der Waals surface area contributed by atoms with Gasteiger partial charge >= 0.3 is 6.09 Å². The lowest BCUT2D eigenvalue weighted by Crippen LogP contribution is -2.29. The molecule has 1 heterocycles. The van der Waals surface area contributed by atoms with Gasteiger partial charge in [-0.3, -0.25) is 10.1 Å². The van der Waals surface area contributed by atoms with Crippen molar-refractivity contribution in [2.75, 3.05) is 5.32 Å². The number of carbonyl (C=O) groups excluding carboxylic acids is 1. The minimum atomic E-state index is -0.832. The highest BCUT2D eigenvalue weighted by molar-refractivity contribution is 5.85. The van der Waals surface area contributed by atoms with Gasteiger partial charge in [-0.2, -0.15) is 0 Å². The molecule has 1 amide bonds. The Bertz CT molecular complexity index is 447. The molecule has 0 saturated heterocycles. The summed E-state index contributed by atoms with van der Waals surface area (Å²) in [4.78, 5) is 28.2. The van der Waals surface area contributed by atoms with Crippen LogP contribution < -0.4 is 10.9 Å². The van der Waals surface area contributed by atoms with Crippen LogP contribution in [0.4, 0.5) is 10.5 Å². The molecule has 0 aliphatic heterocycles. The smallest absolute Gasteiger partial charge is 0.412 e. The molecule has 16 heavy (non-hydrogen) atoms. The maximum atomic E-state index is 11.3. The minimum absolute atomic E-state index is 0.336. The molecule has 1 rings (SSSR count). The number of ether oxygens (including phenoxy) is 1. The number of nitrogens with zero attached hydrogens (tertiary/aromatic N) is 1. The molecule has 1 aromatic rings. The molecule has 0 unspecified atom stereocenters. The molecule has 0 spiro atoms. The number of H-pyrrole nitrogens is 1. The summed E-state index contributed by atoms with van der Waals surface area (Å²) >= 11 is 0. The monoisotopic (exact) mass is 227 g/mol. The molecule has 0 aromatic carbocycles. The second-order valence-electron chi connectivity index (χ2n) is 4.06. The SMILES string of the molecule is CC(C)(C)OC(=O)Nc1c(O)nc[nH]c1=O. The summed E-state index contributed by atoms with van der Waals surface area (Å²) < 4.78 is 4.91. The zero-order chi connectivity index (χ0) is 12.3. The van der Waals surface area contributed by atoms with E-state index in [1.165, 1.54) is 0 Å². The van der Waals surface area contributed by atoms with Crippen LogP contribution in [-0.4, -0.2) is 26.8 Å². The van der Waals surface area contributed by atoms with E-state index in [0.29, 0.717) is 0 Å². The molecule has 88 valence electrons. The highest BCUT2D eigenvalue weighted by Crippen LogP contribution is 2.14. The Kier molecular flexibility index (Phi) is 3.17. The van der Waals surface area contributed by atoms with Crippen molar-refractivity contribution in [1.29, 1.82) is 0 Å². The summed E-state index contributed by atoms with van der Waals surface area (Å²) in [5.74, 6) is -0.561. The first kappa shape index (κ1) is 12.0. The topological polar surface area (TPSA) is 104 Å². The molecule has 0 aliphatic carbocycles. The van der Waals surface area contributed by atoms with Gasteiger partial charge in [0, 0.05) is 0 Å². The number of rotatable bonds is 1. The largest absolute Gasteiger partial charge is 0.492 e. The average molecular weight is 227 g/mol. The van der Waals surface area contributed by atoms with Gasteiger partial charge in [0.25, 0.3) is 5.56 Å². The number of anilines is 1. The van der Waals surface area contributed by atoms with E-state index in [4.69, 9.17) is 4.74 Å². The third-order valence-corrected chi connectivity index (χ3v) is 1.46. The first-order valence-electron chi connectivity index (χ1n) is 4.56. The Hall–Kier alpha value is -2.05. The van der Waals surface area contributed by atoms with Crippen molar-refractivity contribution in [3.63, 3.8) is 0 Å². The number of amides is 1. The van der Waals surface area contributed by atoms with Crippen LogP contribution in [0.3, 0.4) is 0 Å². The van der Waals surface area contributed by atoms with Crippen molar-refractivity contribution in [2.45, 2.75) is 26.4 Å². The van der Waals surface area contributed by atoms with E-state index in [0.717, 1.165) is 6.33 Å². The van der Waals surface area contributed by atoms with Crippen LogP contribution in [0.25, 0.3) is 0 Å². The quantitative estimate of drug-likeness (QED) is 0.658. The predicted octanol–water partition coefficient (Wildman–Crippen LogP) is 0.822. The van der Waals surface area contributed by atoms with Crippen LogP contribution in [-0.2, 0) is 4.74 Å². The Labute approximate surface area is 91.5 Å². The van der Waals surface area contributed by atoms with Crippen molar-refractivity contribution in [2.24, 2.45) is 0 Å². The fourth-order valence-corrected chi connectivity index (χ4v) is 0.909. The van der Waals surface area contributed by atoms with Crippen LogP contribution in [0.15, 0.2) is 11.1 Å². The first-order chi connectivity index (χ1) is 7.29. The van der Waals surface area contributed by atoms with Gasteiger partial charge in [-0.15, -0.1) is 0 Å². The molecule has 0 atom stereocenters. The number of aromatic amines is 1. The van der Waals surface area contributed by atoms with Crippen molar-refractivity contribution in [1.82, 2.24) is 9.97 Å². The first-order valence-corrected chi connectivity index (χ1v) is 4.56. The lowest BCUT2D eigenvalue weighted by atomic mass is 10.2. The number of aromatic hydroxyl groups is 1.